The van der Waals surface area contributed by atoms with Gasteiger partial charge in [-0.2, -0.15) is 0 Å². The van der Waals surface area contributed by atoms with Crippen molar-refractivity contribution in [3.8, 4) is 0 Å². The largest absolute Gasteiger partial charge is 0.480 e. The van der Waals surface area contributed by atoms with E-state index in [1.54, 1.807) is 0 Å². The van der Waals surface area contributed by atoms with Crippen LogP contribution in [-0.4, -0.2) is 41.4 Å². The fourth-order valence-corrected chi connectivity index (χ4v) is 2.42. The molecule has 0 amide bonds. The zero-order valence-corrected chi connectivity index (χ0v) is 7.66. The molecule has 2 aliphatic rings. The van der Waals surface area contributed by atoms with Crippen molar-refractivity contribution in [1.29, 1.82) is 0 Å². The Kier molecular flexibility index (Phi) is 2.26. The van der Waals surface area contributed by atoms with Crippen molar-refractivity contribution in [3.05, 3.63) is 0 Å². The molecule has 1 saturated carbocycles. The summed E-state index contributed by atoms with van der Waals surface area (Å²) in [6.07, 6.45) is 4.33. The molecule has 1 spiro atoms. The summed E-state index contributed by atoms with van der Waals surface area (Å²) in [5.41, 5.74) is -0.210. The molecule has 0 radical (unpaired) electrons. The van der Waals surface area contributed by atoms with Gasteiger partial charge in [0.15, 0.2) is 0 Å². The number of carboxylic acid groups (broad SMARTS) is 1. The smallest absolute Gasteiger partial charge is 0.317 e. The zero-order valence-electron chi connectivity index (χ0n) is 7.66. The maximum atomic E-state index is 10.6. The molecule has 4 nitrogen and oxygen atoms in total. The molecule has 1 heterocycles. The lowest BCUT2D eigenvalue weighted by molar-refractivity contribution is -0.144. The predicted molar refractivity (Wildman–Crippen MR) is 46.4 cm³/mol. The first-order chi connectivity index (χ1) is 6.23. The van der Waals surface area contributed by atoms with Crippen molar-refractivity contribution < 1.29 is 14.6 Å². The van der Waals surface area contributed by atoms with Gasteiger partial charge in [0.2, 0.25) is 0 Å². The fourth-order valence-electron chi connectivity index (χ4n) is 2.42. The van der Waals surface area contributed by atoms with E-state index in [1.165, 1.54) is 0 Å². The van der Waals surface area contributed by atoms with Crippen LogP contribution in [0.2, 0.25) is 0 Å². The average molecular weight is 185 g/mol. The van der Waals surface area contributed by atoms with Gasteiger partial charge in [0.05, 0.1) is 13.2 Å². The predicted octanol–water partition coefficient (Wildman–Crippen LogP) is 0.673. The molecule has 2 rings (SSSR count). The number of aliphatic carboxylic acids is 1. The highest BCUT2D eigenvalue weighted by molar-refractivity contribution is 5.69. The van der Waals surface area contributed by atoms with E-state index in [9.17, 15) is 4.79 Å². The molecule has 1 aliphatic heterocycles. The summed E-state index contributed by atoms with van der Waals surface area (Å²) in [5.74, 6) is -0.753. The van der Waals surface area contributed by atoms with Gasteiger partial charge in [-0.3, -0.25) is 9.69 Å². The summed E-state index contributed by atoms with van der Waals surface area (Å²) in [7, 11) is 0. The van der Waals surface area contributed by atoms with Crippen LogP contribution in [0, 0.1) is 0 Å². The lowest BCUT2D eigenvalue weighted by Gasteiger charge is -2.31. The van der Waals surface area contributed by atoms with Crippen LogP contribution >= 0.6 is 0 Å². The molecule has 0 unspecified atom stereocenters. The van der Waals surface area contributed by atoms with Gasteiger partial charge in [-0.05, 0) is 25.7 Å². The molecular weight excluding hydrogens is 170 g/mol. The van der Waals surface area contributed by atoms with Crippen LogP contribution in [0.4, 0.5) is 0 Å². The van der Waals surface area contributed by atoms with Crippen LogP contribution in [0.5, 0.6) is 0 Å². The van der Waals surface area contributed by atoms with Crippen LogP contribution in [0.3, 0.4) is 0 Å². The lowest BCUT2D eigenvalue weighted by atomic mass is 10.1. The van der Waals surface area contributed by atoms with E-state index in [1.807, 2.05) is 4.90 Å². The SMILES string of the molecule is O=C(O)CN1CCOC12CCCC2. The fraction of sp³-hybridized carbons (Fsp3) is 0.889. The van der Waals surface area contributed by atoms with Crippen molar-refractivity contribution >= 4 is 5.97 Å². The number of carboxylic acids is 1. The molecule has 1 aliphatic carbocycles. The molecule has 4 heteroatoms. The van der Waals surface area contributed by atoms with Gasteiger partial charge in [-0.25, -0.2) is 0 Å². The molecular formula is C9H15NO3. The highest BCUT2D eigenvalue weighted by Gasteiger charge is 2.44. The minimum absolute atomic E-state index is 0.125. The van der Waals surface area contributed by atoms with Gasteiger partial charge in [0.1, 0.15) is 5.72 Å². The maximum Gasteiger partial charge on any atom is 0.317 e. The second kappa shape index (κ2) is 3.27. The number of rotatable bonds is 2. The molecule has 74 valence electrons. The number of carbonyl (C=O) groups is 1. The Morgan fingerprint density at radius 3 is 2.77 bits per heavy atom. The van der Waals surface area contributed by atoms with Gasteiger partial charge < -0.3 is 9.84 Å². The van der Waals surface area contributed by atoms with Gasteiger partial charge in [-0.15, -0.1) is 0 Å². The third-order valence-corrected chi connectivity index (χ3v) is 3.02. The zero-order chi connectivity index (χ0) is 9.31. The van der Waals surface area contributed by atoms with Crippen molar-refractivity contribution in [2.75, 3.05) is 19.7 Å². The van der Waals surface area contributed by atoms with Crippen LogP contribution in [0.25, 0.3) is 0 Å². The summed E-state index contributed by atoms with van der Waals surface area (Å²) in [6, 6.07) is 0. The second-order valence-corrected chi connectivity index (χ2v) is 3.82. The van der Waals surface area contributed by atoms with Crippen LogP contribution in [-0.2, 0) is 9.53 Å². The summed E-state index contributed by atoms with van der Waals surface area (Å²) in [5, 5.41) is 8.72. The van der Waals surface area contributed by atoms with Crippen molar-refractivity contribution in [2.24, 2.45) is 0 Å². The van der Waals surface area contributed by atoms with Crippen LogP contribution in [0.1, 0.15) is 25.7 Å². The Morgan fingerprint density at radius 1 is 1.46 bits per heavy atom. The minimum Gasteiger partial charge on any atom is -0.480 e. The number of hydrogen-bond donors (Lipinski definition) is 1. The molecule has 0 aromatic carbocycles. The Labute approximate surface area is 77.5 Å². The molecule has 0 bridgehead atoms. The second-order valence-electron chi connectivity index (χ2n) is 3.82. The molecule has 0 atom stereocenters. The summed E-state index contributed by atoms with van der Waals surface area (Å²) >= 11 is 0. The highest BCUT2D eigenvalue weighted by Crippen LogP contribution is 2.38. The normalized spacial score (nSPS) is 27.1. The lowest BCUT2D eigenvalue weighted by Crippen LogP contribution is -2.45. The molecule has 0 aromatic heterocycles. The van der Waals surface area contributed by atoms with E-state index in [-0.39, 0.29) is 12.3 Å². The first kappa shape index (κ1) is 8.97. The Morgan fingerprint density at radius 2 is 2.15 bits per heavy atom. The van der Waals surface area contributed by atoms with Crippen LogP contribution < -0.4 is 0 Å². The molecule has 1 saturated heterocycles. The third-order valence-electron chi connectivity index (χ3n) is 3.02. The first-order valence-corrected chi connectivity index (χ1v) is 4.84. The summed E-state index contributed by atoms with van der Waals surface area (Å²) < 4.78 is 5.68. The Balaban J connectivity index is 2.04. The van der Waals surface area contributed by atoms with Crippen molar-refractivity contribution in [3.63, 3.8) is 0 Å². The molecule has 0 aromatic rings. The van der Waals surface area contributed by atoms with Gasteiger partial charge in [0.25, 0.3) is 0 Å². The quantitative estimate of drug-likeness (QED) is 0.687. The number of ether oxygens (including phenoxy) is 1. The van der Waals surface area contributed by atoms with Crippen molar-refractivity contribution in [2.45, 2.75) is 31.4 Å². The average Bonchev–Trinajstić information content (AvgIpc) is 2.64. The minimum atomic E-state index is -0.753. The summed E-state index contributed by atoms with van der Waals surface area (Å²) in [4.78, 5) is 12.6. The maximum absolute atomic E-state index is 10.6. The molecule has 2 fully saturated rings. The van der Waals surface area contributed by atoms with Crippen molar-refractivity contribution in [1.82, 2.24) is 4.90 Å². The highest BCUT2D eigenvalue weighted by atomic mass is 16.5. The first-order valence-electron chi connectivity index (χ1n) is 4.84. The van der Waals surface area contributed by atoms with E-state index in [0.717, 1.165) is 32.2 Å². The molecule has 13 heavy (non-hydrogen) atoms. The standard InChI is InChI=1S/C9H15NO3/c11-8(12)7-10-5-6-13-9(10)3-1-2-4-9/h1-7H2,(H,11,12). The summed E-state index contributed by atoms with van der Waals surface area (Å²) in [6.45, 7) is 1.58. The Hall–Kier alpha value is -0.610. The molecule has 1 N–H and O–H groups in total. The number of nitrogens with zero attached hydrogens (tertiary/aromatic N) is 1. The van der Waals surface area contributed by atoms with Gasteiger partial charge in [0, 0.05) is 6.54 Å². The van der Waals surface area contributed by atoms with Crippen LogP contribution in [0.15, 0.2) is 0 Å². The van der Waals surface area contributed by atoms with E-state index in [0.29, 0.717) is 6.61 Å². The van der Waals surface area contributed by atoms with E-state index in [2.05, 4.69) is 0 Å². The van der Waals surface area contributed by atoms with E-state index >= 15 is 0 Å². The van der Waals surface area contributed by atoms with E-state index in [4.69, 9.17) is 9.84 Å². The van der Waals surface area contributed by atoms with E-state index < -0.39 is 5.97 Å². The monoisotopic (exact) mass is 185 g/mol. The number of hydrogen-bond acceptors (Lipinski definition) is 3. The van der Waals surface area contributed by atoms with Gasteiger partial charge >= 0.3 is 5.97 Å². The van der Waals surface area contributed by atoms with Gasteiger partial charge in [-0.1, -0.05) is 0 Å². The Bertz CT molecular complexity index is 205. The third kappa shape index (κ3) is 1.56. The topological polar surface area (TPSA) is 49.8 Å².